The number of para-hydroxylation sites is 1. The molecule has 0 amide bonds. The number of nitrogens with two attached hydrogens (primary N) is 1. The summed E-state index contributed by atoms with van der Waals surface area (Å²) in [6, 6.07) is 16.0. The van der Waals surface area contributed by atoms with E-state index in [1.165, 1.54) is 0 Å². The van der Waals surface area contributed by atoms with E-state index in [1.807, 2.05) is 42.7 Å². The Hall–Kier alpha value is -1.75. The van der Waals surface area contributed by atoms with Gasteiger partial charge in [-0.25, -0.2) is 4.98 Å². The molecule has 2 N–H and O–H groups in total. The van der Waals surface area contributed by atoms with E-state index in [2.05, 4.69) is 21.7 Å². The Balaban J connectivity index is 0.00000110. The van der Waals surface area contributed by atoms with Crippen molar-refractivity contribution in [3.05, 3.63) is 54.9 Å². The van der Waals surface area contributed by atoms with Crippen LogP contribution in [0.2, 0.25) is 0 Å². The average molecular weight is 326 g/mol. The van der Waals surface area contributed by atoms with Crippen LogP contribution in [0, 0.1) is 0 Å². The van der Waals surface area contributed by atoms with Gasteiger partial charge in [0.1, 0.15) is 18.7 Å². The van der Waals surface area contributed by atoms with Gasteiger partial charge in [0.25, 0.3) is 0 Å². The third kappa shape index (κ3) is 3.67. The lowest BCUT2D eigenvalue weighted by atomic mass is 10.2. The SMILES string of the molecule is Cl.Cl.NCCOc1ccc2c(c1)ncn2-c1ccccc1. The van der Waals surface area contributed by atoms with Crippen molar-refractivity contribution in [1.29, 1.82) is 0 Å². The molecule has 0 aliphatic rings. The molecule has 0 unspecified atom stereocenters. The van der Waals surface area contributed by atoms with Gasteiger partial charge in [0.2, 0.25) is 0 Å². The number of fused-ring (bicyclic) bond motifs is 1. The van der Waals surface area contributed by atoms with Gasteiger partial charge in [-0.15, -0.1) is 24.8 Å². The van der Waals surface area contributed by atoms with Gasteiger partial charge in [-0.05, 0) is 24.3 Å². The molecule has 0 spiro atoms. The normalized spacial score (nSPS) is 9.76. The Bertz CT molecular complexity index is 686. The molecule has 1 heterocycles. The van der Waals surface area contributed by atoms with Gasteiger partial charge in [0, 0.05) is 18.3 Å². The second-order valence-corrected chi connectivity index (χ2v) is 4.24. The second kappa shape index (κ2) is 7.88. The summed E-state index contributed by atoms with van der Waals surface area (Å²) in [5.41, 5.74) is 8.50. The molecule has 6 heteroatoms. The summed E-state index contributed by atoms with van der Waals surface area (Å²) < 4.78 is 7.56. The number of rotatable bonds is 4. The van der Waals surface area contributed by atoms with Gasteiger partial charge in [0.15, 0.2) is 0 Å². The molecule has 3 rings (SSSR count). The smallest absolute Gasteiger partial charge is 0.121 e. The summed E-state index contributed by atoms with van der Waals surface area (Å²) in [5, 5.41) is 0. The molecular weight excluding hydrogens is 309 g/mol. The van der Waals surface area contributed by atoms with Gasteiger partial charge in [0.05, 0.1) is 11.0 Å². The molecule has 0 fully saturated rings. The number of benzene rings is 2. The van der Waals surface area contributed by atoms with Crippen molar-refractivity contribution in [1.82, 2.24) is 9.55 Å². The molecule has 0 atom stereocenters. The van der Waals surface area contributed by atoms with E-state index < -0.39 is 0 Å². The molecule has 0 saturated carbocycles. The molecular formula is C15H17Cl2N3O. The highest BCUT2D eigenvalue weighted by atomic mass is 35.5. The van der Waals surface area contributed by atoms with Crippen LogP contribution in [0.4, 0.5) is 0 Å². The first kappa shape index (κ1) is 17.3. The molecule has 2 aromatic carbocycles. The lowest BCUT2D eigenvalue weighted by Crippen LogP contribution is -2.10. The van der Waals surface area contributed by atoms with E-state index in [1.54, 1.807) is 0 Å². The van der Waals surface area contributed by atoms with Crippen LogP contribution in [0.1, 0.15) is 0 Å². The fourth-order valence-corrected chi connectivity index (χ4v) is 2.05. The third-order valence-corrected chi connectivity index (χ3v) is 2.94. The summed E-state index contributed by atoms with van der Waals surface area (Å²) in [4.78, 5) is 4.42. The van der Waals surface area contributed by atoms with Crippen molar-refractivity contribution in [2.24, 2.45) is 5.73 Å². The quantitative estimate of drug-likeness (QED) is 0.801. The Labute approximate surface area is 135 Å². The molecule has 0 aliphatic carbocycles. The molecule has 0 bridgehead atoms. The topological polar surface area (TPSA) is 53.1 Å². The van der Waals surface area contributed by atoms with Gasteiger partial charge in [-0.2, -0.15) is 0 Å². The van der Waals surface area contributed by atoms with Crippen LogP contribution in [0.5, 0.6) is 5.75 Å². The van der Waals surface area contributed by atoms with E-state index in [9.17, 15) is 0 Å². The highest BCUT2D eigenvalue weighted by Crippen LogP contribution is 2.22. The summed E-state index contributed by atoms with van der Waals surface area (Å²) >= 11 is 0. The van der Waals surface area contributed by atoms with E-state index in [-0.39, 0.29) is 24.8 Å². The maximum Gasteiger partial charge on any atom is 0.121 e. The minimum Gasteiger partial charge on any atom is -0.492 e. The van der Waals surface area contributed by atoms with Crippen molar-refractivity contribution in [2.75, 3.05) is 13.2 Å². The standard InChI is InChI=1S/C15H15N3O.2ClH/c16-8-9-19-13-6-7-15-14(10-13)17-11-18(15)12-4-2-1-3-5-12;;/h1-7,10-11H,8-9,16H2;2*1H. The van der Waals surface area contributed by atoms with Crippen LogP contribution < -0.4 is 10.5 Å². The molecule has 3 aromatic rings. The van der Waals surface area contributed by atoms with Crippen molar-refractivity contribution >= 4 is 35.8 Å². The summed E-state index contributed by atoms with van der Waals surface area (Å²) in [7, 11) is 0. The lowest BCUT2D eigenvalue weighted by molar-refractivity contribution is 0.328. The molecule has 21 heavy (non-hydrogen) atoms. The highest BCUT2D eigenvalue weighted by molar-refractivity contribution is 5.85. The zero-order chi connectivity index (χ0) is 13.1. The molecule has 0 saturated heterocycles. The summed E-state index contributed by atoms with van der Waals surface area (Å²) in [6.45, 7) is 1.03. The predicted molar refractivity (Wildman–Crippen MR) is 90.1 cm³/mol. The Kier molecular flexibility index (Phi) is 6.49. The van der Waals surface area contributed by atoms with E-state index >= 15 is 0 Å². The van der Waals surface area contributed by atoms with Crippen LogP contribution >= 0.6 is 24.8 Å². The zero-order valence-corrected chi connectivity index (χ0v) is 12.9. The molecule has 0 aliphatic heterocycles. The van der Waals surface area contributed by atoms with Crippen molar-refractivity contribution < 1.29 is 4.74 Å². The number of hydrogen-bond donors (Lipinski definition) is 1. The number of ether oxygens (including phenoxy) is 1. The first-order valence-electron chi connectivity index (χ1n) is 6.24. The van der Waals surface area contributed by atoms with Crippen LogP contribution in [0.25, 0.3) is 16.7 Å². The number of halogens is 2. The number of imidazole rings is 1. The van der Waals surface area contributed by atoms with E-state index in [4.69, 9.17) is 10.5 Å². The van der Waals surface area contributed by atoms with Crippen LogP contribution in [0.15, 0.2) is 54.9 Å². The summed E-state index contributed by atoms with van der Waals surface area (Å²) in [6.07, 6.45) is 1.83. The Morgan fingerprint density at radius 2 is 1.81 bits per heavy atom. The van der Waals surface area contributed by atoms with Gasteiger partial charge in [-0.1, -0.05) is 18.2 Å². The summed E-state index contributed by atoms with van der Waals surface area (Å²) in [5.74, 6) is 0.802. The van der Waals surface area contributed by atoms with Gasteiger partial charge < -0.3 is 10.5 Å². The number of nitrogens with zero attached hydrogens (tertiary/aromatic N) is 2. The molecule has 4 nitrogen and oxygen atoms in total. The number of hydrogen-bond acceptors (Lipinski definition) is 3. The van der Waals surface area contributed by atoms with Crippen LogP contribution in [-0.4, -0.2) is 22.7 Å². The minimum absolute atomic E-state index is 0. The van der Waals surface area contributed by atoms with Crippen LogP contribution in [0.3, 0.4) is 0 Å². The average Bonchev–Trinajstić information content (AvgIpc) is 2.89. The van der Waals surface area contributed by atoms with Crippen molar-refractivity contribution in [3.63, 3.8) is 0 Å². The minimum atomic E-state index is 0. The maximum atomic E-state index is 5.50. The number of aromatic nitrogens is 2. The lowest BCUT2D eigenvalue weighted by Gasteiger charge is -2.06. The fourth-order valence-electron chi connectivity index (χ4n) is 2.05. The Morgan fingerprint density at radius 1 is 1.05 bits per heavy atom. The monoisotopic (exact) mass is 325 g/mol. The van der Waals surface area contributed by atoms with Crippen molar-refractivity contribution in [2.45, 2.75) is 0 Å². The third-order valence-electron chi connectivity index (χ3n) is 2.94. The maximum absolute atomic E-state index is 5.50. The first-order valence-corrected chi connectivity index (χ1v) is 6.24. The van der Waals surface area contributed by atoms with Crippen molar-refractivity contribution in [3.8, 4) is 11.4 Å². The van der Waals surface area contributed by atoms with Gasteiger partial charge >= 0.3 is 0 Å². The highest BCUT2D eigenvalue weighted by Gasteiger charge is 2.05. The van der Waals surface area contributed by atoms with E-state index in [0.717, 1.165) is 22.5 Å². The van der Waals surface area contributed by atoms with E-state index in [0.29, 0.717) is 13.2 Å². The zero-order valence-electron chi connectivity index (χ0n) is 11.3. The predicted octanol–water partition coefficient (Wildman–Crippen LogP) is 3.21. The Morgan fingerprint density at radius 3 is 2.52 bits per heavy atom. The molecule has 0 radical (unpaired) electrons. The fraction of sp³-hybridized carbons (Fsp3) is 0.133. The van der Waals surface area contributed by atoms with Gasteiger partial charge in [-0.3, -0.25) is 4.57 Å². The largest absolute Gasteiger partial charge is 0.492 e. The molecule has 1 aromatic heterocycles. The van der Waals surface area contributed by atoms with Crippen LogP contribution in [-0.2, 0) is 0 Å². The second-order valence-electron chi connectivity index (χ2n) is 4.24. The first-order chi connectivity index (χ1) is 9.38. The molecule has 112 valence electrons.